The van der Waals surface area contributed by atoms with E-state index in [1.807, 2.05) is 24.3 Å². The molecule has 2 aromatic heterocycles. The fraction of sp³-hybridized carbons (Fsp3) is 0.300. The van der Waals surface area contributed by atoms with Gasteiger partial charge in [-0.15, -0.1) is 0 Å². The van der Waals surface area contributed by atoms with Crippen molar-refractivity contribution in [2.45, 2.75) is 39.2 Å². The van der Waals surface area contributed by atoms with Gasteiger partial charge in [0.05, 0.1) is 11.1 Å². The van der Waals surface area contributed by atoms with E-state index < -0.39 is 18.0 Å². The van der Waals surface area contributed by atoms with E-state index in [0.29, 0.717) is 11.3 Å². The van der Waals surface area contributed by atoms with Gasteiger partial charge in [-0.25, -0.2) is 4.79 Å². The normalized spacial score (nSPS) is 14.0. The van der Waals surface area contributed by atoms with E-state index in [9.17, 15) is 9.59 Å². The lowest BCUT2D eigenvalue weighted by atomic mass is 10.0. The van der Waals surface area contributed by atoms with Crippen molar-refractivity contribution in [3.05, 3.63) is 52.9 Å². The Labute approximate surface area is 155 Å². The first kappa shape index (κ1) is 17.2. The third kappa shape index (κ3) is 3.28. The second-order valence-electron chi connectivity index (χ2n) is 6.64. The second kappa shape index (κ2) is 6.83. The van der Waals surface area contributed by atoms with Gasteiger partial charge in [0.1, 0.15) is 5.76 Å². The van der Waals surface area contributed by atoms with Gasteiger partial charge >= 0.3 is 5.97 Å². The zero-order valence-corrected chi connectivity index (χ0v) is 15.1. The topological polar surface area (TPSA) is 94.3 Å². The number of anilines is 1. The molecule has 0 spiro atoms. The van der Waals surface area contributed by atoms with Crippen molar-refractivity contribution in [2.24, 2.45) is 0 Å². The van der Waals surface area contributed by atoms with Crippen LogP contribution in [0, 0.1) is 6.92 Å². The molecule has 0 aliphatic heterocycles. The van der Waals surface area contributed by atoms with Crippen molar-refractivity contribution in [1.82, 2.24) is 10.1 Å². The van der Waals surface area contributed by atoms with E-state index >= 15 is 0 Å². The van der Waals surface area contributed by atoms with Crippen LogP contribution in [-0.2, 0) is 22.4 Å². The average molecular weight is 365 g/mol. The second-order valence-corrected chi connectivity index (χ2v) is 6.64. The summed E-state index contributed by atoms with van der Waals surface area (Å²) >= 11 is 0. The quantitative estimate of drug-likeness (QED) is 0.714. The third-order valence-electron chi connectivity index (χ3n) is 4.66. The largest absolute Gasteiger partial charge is 0.449 e. The molecule has 0 saturated carbocycles. The summed E-state index contributed by atoms with van der Waals surface area (Å²) < 4.78 is 10.4. The van der Waals surface area contributed by atoms with Crippen molar-refractivity contribution < 1.29 is 18.8 Å². The lowest BCUT2D eigenvalue weighted by Crippen LogP contribution is -2.30. The molecule has 1 atom stereocenters. The van der Waals surface area contributed by atoms with Crippen molar-refractivity contribution in [3.8, 4) is 0 Å². The monoisotopic (exact) mass is 365 g/mol. The zero-order valence-electron chi connectivity index (χ0n) is 15.1. The van der Waals surface area contributed by atoms with E-state index in [1.54, 1.807) is 13.0 Å². The van der Waals surface area contributed by atoms with E-state index in [4.69, 9.17) is 9.26 Å². The van der Waals surface area contributed by atoms with Crippen LogP contribution in [0.1, 0.15) is 40.7 Å². The number of aryl methyl sites for hydroxylation is 2. The van der Waals surface area contributed by atoms with Gasteiger partial charge in [0.25, 0.3) is 5.91 Å². The van der Waals surface area contributed by atoms with Crippen LogP contribution in [0.5, 0.6) is 0 Å². The van der Waals surface area contributed by atoms with Crippen LogP contribution in [0.15, 0.2) is 34.9 Å². The molecule has 1 aliphatic carbocycles. The summed E-state index contributed by atoms with van der Waals surface area (Å²) in [5.74, 6) is -0.109. The molecule has 1 aliphatic rings. The molecule has 4 rings (SSSR count). The Morgan fingerprint density at radius 3 is 2.85 bits per heavy atom. The molecular weight excluding hydrogens is 346 g/mol. The Kier molecular flexibility index (Phi) is 4.35. The van der Waals surface area contributed by atoms with Gasteiger partial charge in [0.2, 0.25) is 0 Å². The summed E-state index contributed by atoms with van der Waals surface area (Å²) in [7, 11) is 0. The van der Waals surface area contributed by atoms with Gasteiger partial charge in [0.15, 0.2) is 11.9 Å². The number of ether oxygens (including phenoxy) is 1. The number of aromatic nitrogens is 2. The average Bonchev–Trinajstić information content (AvgIpc) is 3.27. The number of carbonyl (C=O) groups excluding carboxylic acids is 2. The minimum atomic E-state index is -0.974. The first-order valence-corrected chi connectivity index (χ1v) is 8.88. The molecule has 1 N–H and O–H groups in total. The Bertz CT molecular complexity index is 1040. The summed E-state index contributed by atoms with van der Waals surface area (Å²) in [5, 5.41) is 7.04. The lowest BCUT2D eigenvalue weighted by molar-refractivity contribution is -0.123. The number of hydrogen-bond acceptors (Lipinski definition) is 6. The molecule has 0 radical (unpaired) electrons. The van der Waals surface area contributed by atoms with Crippen LogP contribution in [0.2, 0.25) is 0 Å². The highest BCUT2D eigenvalue weighted by Gasteiger charge is 2.27. The number of hydrogen-bond donors (Lipinski definition) is 1. The molecule has 7 heteroatoms. The maximum atomic E-state index is 12.9. The van der Waals surface area contributed by atoms with Crippen LogP contribution >= 0.6 is 0 Å². The van der Waals surface area contributed by atoms with Crippen molar-refractivity contribution in [3.63, 3.8) is 0 Å². The van der Waals surface area contributed by atoms with Crippen molar-refractivity contribution >= 4 is 28.6 Å². The van der Waals surface area contributed by atoms with Gasteiger partial charge < -0.3 is 14.6 Å². The predicted molar refractivity (Wildman–Crippen MR) is 98.5 cm³/mol. The van der Waals surface area contributed by atoms with Gasteiger partial charge in [-0.2, -0.15) is 0 Å². The lowest BCUT2D eigenvalue weighted by Gasteiger charge is -2.15. The molecular formula is C20H19N3O4. The SMILES string of the molecule is Cc1cc(NC(=O)[C@@H](C)OC(=O)c2c3c(nc4ccccc24)CCC3)no1. The Morgan fingerprint density at radius 2 is 2.07 bits per heavy atom. The molecule has 0 bridgehead atoms. The van der Waals surface area contributed by atoms with Gasteiger partial charge in [0, 0.05) is 17.1 Å². The predicted octanol–water partition coefficient (Wildman–Crippen LogP) is 3.20. The first-order valence-electron chi connectivity index (χ1n) is 8.88. The number of carbonyl (C=O) groups is 2. The number of para-hydroxylation sites is 1. The smallest absolute Gasteiger partial charge is 0.339 e. The highest BCUT2D eigenvalue weighted by atomic mass is 16.5. The van der Waals surface area contributed by atoms with E-state index in [2.05, 4.69) is 15.5 Å². The molecule has 27 heavy (non-hydrogen) atoms. The summed E-state index contributed by atoms with van der Waals surface area (Å²) in [5.41, 5.74) is 3.15. The van der Waals surface area contributed by atoms with Gasteiger partial charge in [-0.1, -0.05) is 23.4 Å². The van der Waals surface area contributed by atoms with Gasteiger partial charge in [-0.05, 0) is 44.7 Å². The number of amides is 1. The zero-order chi connectivity index (χ0) is 19.0. The summed E-state index contributed by atoms with van der Waals surface area (Å²) in [6, 6.07) is 9.09. The Hall–Kier alpha value is -3.22. The van der Waals surface area contributed by atoms with Crippen molar-refractivity contribution in [1.29, 1.82) is 0 Å². The highest BCUT2D eigenvalue weighted by Crippen LogP contribution is 2.30. The van der Waals surface area contributed by atoms with Crippen molar-refractivity contribution in [2.75, 3.05) is 5.32 Å². The molecule has 138 valence electrons. The summed E-state index contributed by atoms with van der Waals surface area (Å²) in [6.07, 6.45) is 1.62. The maximum absolute atomic E-state index is 12.9. The number of nitrogens with one attached hydrogen (secondary N) is 1. The van der Waals surface area contributed by atoms with Crippen LogP contribution in [0.25, 0.3) is 10.9 Å². The number of benzene rings is 1. The number of nitrogens with zero attached hydrogens (tertiary/aromatic N) is 2. The van der Waals surface area contributed by atoms with Crippen LogP contribution in [-0.4, -0.2) is 28.1 Å². The summed E-state index contributed by atoms with van der Waals surface area (Å²) in [4.78, 5) is 29.9. The minimum Gasteiger partial charge on any atom is -0.449 e. The Balaban J connectivity index is 1.59. The Morgan fingerprint density at radius 1 is 1.26 bits per heavy atom. The standard InChI is InChI=1S/C20H19N3O4/c1-11-10-17(23-27-11)22-19(24)12(2)26-20(25)18-13-6-3-4-8-15(13)21-16-9-5-7-14(16)18/h3-4,6,8,10,12H,5,7,9H2,1-2H3,(H,22,23,24)/t12-/m1/s1. The van der Waals surface area contributed by atoms with E-state index in [0.717, 1.165) is 41.4 Å². The number of pyridine rings is 1. The number of fused-ring (bicyclic) bond motifs is 2. The minimum absolute atomic E-state index is 0.288. The number of esters is 1. The highest BCUT2D eigenvalue weighted by molar-refractivity contribution is 6.06. The molecule has 1 amide bonds. The van der Waals surface area contributed by atoms with E-state index in [1.165, 1.54) is 6.92 Å². The molecule has 0 saturated heterocycles. The molecule has 0 fully saturated rings. The van der Waals surface area contributed by atoms with Crippen LogP contribution in [0.4, 0.5) is 5.82 Å². The summed E-state index contributed by atoms with van der Waals surface area (Å²) in [6.45, 7) is 3.25. The number of rotatable bonds is 4. The molecule has 0 unspecified atom stereocenters. The van der Waals surface area contributed by atoms with Crippen LogP contribution in [0.3, 0.4) is 0 Å². The third-order valence-corrected chi connectivity index (χ3v) is 4.66. The van der Waals surface area contributed by atoms with Crippen LogP contribution < -0.4 is 5.32 Å². The molecule has 2 heterocycles. The van der Waals surface area contributed by atoms with Gasteiger partial charge in [-0.3, -0.25) is 9.78 Å². The van der Waals surface area contributed by atoms with E-state index in [-0.39, 0.29) is 5.82 Å². The molecule has 7 nitrogen and oxygen atoms in total. The maximum Gasteiger partial charge on any atom is 0.339 e. The molecule has 1 aromatic carbocycles. The molecule has 3 aromatic rings. The fourth-order valence-electron chi connectivity index (χ4n) is 3.37. The first-order chi connectivity index (χ1) is 13.0. The fourth-order valence-corrected chi connectivity index (χ4v) is 3.37.